The first-order chi connectivity index (χ1) is 15.4. The van der Waals surface area contributed by atoms with Crippen LogP contribution < -0.4 is 4.74 Å². The summed E-state index contributed by atoms with van der Waals surface area (Å²) in [6, 6.07) is 24.7. The largest absolute Gasteiger partial charge is 0.508 e. The minimum absolute atomic E-state index is 0.0129. The predicted octanol–water partition coefficient (Wildman–Crippen LogP) is 3.96. The van der Waals surface area contributed by atoms with Crippen molar-refractivity contribution in [2.24, 2.45) is 5.92 Å². The van der Waals surface area contributed by atoms with Crippen molar-refractivity contribution in [2.75, 3.05) is 0 Å². The summed E-state index contributed by atoms with van der Waals surface area (Å²) in [5, 5.41) is 35.8. The Morgan fingerprint density at radius 2 is 1.47 bits per heavy atom. The Bertz CT molecular complexity index is 1410. The first-order valence-electron chi connectivity index (χ1n) is 10.5. The van der Waals surface area contributed by atoms with Crippen LogP contribution in [0.1, 0.15) is 28.7 Å². The van der Waals surface area contributed by atoms with E-state index in [1.807, 2.05) is 30.3 Å². The van der Waals surface area contributed by atoms with Crippen LogP contribution in [0.2, 0.25) is 0 Å². The van der Waals surface area contributed by atoms with Crippen LogP contribution in [-0.4, -0.2) is 21.3 Å². The zero-order chi connectivity index (χ0) is 22.1. The van der Waals surface area contributed by atoms with E-state index in [0.717, 1.165) is 10.8 Å². The molecule has 3 unspecified atom stereocenters. The van der Waals surface area contributed by atoms with Gasteiger partial charge in [-0.25, -0.2) is 0 Å². The molecule has 3 aliphatic rings. The molecule has 2 bridgehead atoms. The number of rotatable bonds is 2. The number of aromatic hydroxyl groups is 1. The van der Waals surface area contributed by atoms with E-state index in [4.69, 9.17) is 4.74 Å². The Kier molecular flexibility index (Phi) is 3.82. The van der Waals surface area contributed by atoms with Crippen molar-refractivity contribution in [1.29, 1.82) is 0 Å². The molecule has 4 aromatic carbocycles. The van der Waals surface area contributed by atoms with Crippen LogP contribution in [-0.2, 0) is 16.0 Å². The van der Waals surface area contributed by atoms with E-state index in [2.05, 4.69) is 0 Å². The first kappa shape index (κ1) is 19.0. The fraction of sp³-hybridized carbons (Fsp3) is 0.148. The maximum atomic E-state index is 13.4. The zero-order valence-electron chi connectivity index (χ0n) is 17.0. The topological polar surface area (TPSA) is 87.0 Å². The Morgan fingerprint density at radius 3 is 2.28 bits per heavy atom. The molecule has 3 N–H and O–H groups in total. The van der Waals surface area contributed by atoms with Crippen LogP contribution in [0.25, 0.3) is 10.8 Å². The molecular weight excluding hydrogens is 404 g/mol. The van der Waals surface area contributed by atoms with Gasteiger partial charge < -0.3 is 20.1 Å². The van der Waals surface area contributed by atoms with Crippen LogP contribution in [0.3, 0.4) is 0 Å². The molecule has 0 saturated carbocycles. The molecule has 0 aliphatic heterocycles. The van der Waals surface area contributed by atoms with Crippen molar-refractivity contribution in [1.82, 2.24) is 0 Å². The number of phenols is 1. The first-order valence-corrected chi connectivity index (χ1v) is 10.5. The highest BCUT2D eigenvalue weighted by Crippen LogP contribution is 2.60. The summed E-state index contributed by atoms with van der Waals surface area (Å²) in [5.41, 5.74) is -1.38. The van der Waals surface area contributed by atoms with Gasteiger partial charge in [0.15, 0.2) is 0 Å². The maximum absolute atomic E-state index is 13.4. The fourth-order valence-corrected chi connectivity index (χ4v) is 5.38. The van der Waals surface area contributed by atoms with Crippen molar-refractivity contribution in [3.05, 3.63) is 107 Å². The highest BCUT2D eigenvalue weighted by molar-refractivity contribution is 5.86. The third kappa shape index (κ3) is 2.43. The quantitative estimate of drug-likeness (QED) is 0.335. The molecule has 158 valence electrons. The number of hydrogen-bond donors (Lipinski definition) is 3. The number of fused-ring (bicyclic) bond motifs is 2. The monoisotopic (exact) mass is 424 g/mol. The van der Waals surface area contributed by atoms with Crippen LogP contribution in [0.4, 0.5) is 0 Å². The summed E-state index contributed by atoms with van der Waals surface area (Å²) in [7, 11) is 0. The average molecular weight is 424 g/mol. The molecular formula is C27H20O5. The van der Waals surface area contributed by atoms with E-state index in [9.17, 15) is 20.1 Å². The zero-order valence-corrected chi connectivity index (χ0v) is 17.0. The van der Waals surface area contributed by atoms with Crippen molar-refractivity contribution >= 4 is 16.7 Å². The second-order valence-electron chi connectivity index (χ2n) is 8.59. The SMILES string of the molecule is O=C(Oc1ccc2ccccc2c1)C1CC2(O)c3ccccc3C1(O)c1ccc(O)cc12. The van der Waals surface area contributed by atoms with Gasteiger partial charge in [0.1, 0.15) is 22.7 Å². The van der Waals surface area contributed by atoms with E-state index in [1.165, 1.54) is 12.1 Å². The number of esters is 1. The van der Waals surface area contributed by atoms with Gasteiger partial charge in [0.2, 0.25) is 0 Å². The van der Waals surface area contributed by atoms with Crippen molar-refractivity contribution in [2.45, 2.75) is 17.6 Å². The van der Waals surface area contributed by atoms with Gasteiger partial charge in [-0.3, -0.25) is 4.79 Å². The molecule has 0 saturated heterocycles. The molecule has 0 heterocycles. The fourth-order valence-electron chi connectivity index (χ4n) is 5.38. The summed E-state index contributed by atoms with van der Waals surface area (Å²) in [6.45, 7) is 0. The van der Waals surface area contributed by atoms with Crippen LogP contribution >= 0.6 is 0 Å². The van der Waals surface area contributed by atoms with Crippen LogP contribution in [0.15, 0.2) is 84.9 Å². The van der Waals surface area contributed by atoms with Gasteiger partial charge in [0, 0.05) is 6.42 Å². The van der Waals surface area contributed by atoms with Crippen molar-refractivity contribution < 1.29 is 24.9 Å². The number of phenolic OH excluding ortho intramolecular Hbond substituents is 1. The third-order valence-electron chi connectivity index (χ3n) is 6.87. The lowest BCUT2D eigenvalue weighted by atomic mass is 9.54. The number of carbonyl (C=O) groups is 1. The Morgan fingerprint density at radius 1 is 0.781 bits per heavy atom. The molecule has 0 aromatic heterocycles. The number of benzene rings is 4. The second-order valence-corrected chi connectivity index (χ2v) is 8.59. The van der Waals surface area contributed by atoms with E-state index in [1.54, 1.807) is 42.5 Å². The maximum Gasteiger partial charge on any atom is 0.318 e. The number of hydrogen-bond acceptors (Lipinski definition) is 5. The lowest BCUT2D eigenvalue weighted by Gasteiger charge is -2.53. The van der Waals surface area contributed by atoms with Gasteiger partial charge in [-0.1, -0.05) is 60.7 Å². The summed E-state index contributed by atoms with van der Waals surface area (Å²) >= 11 is 0. The van der Waals surface area contributed by atoms with Crippen molar-refractivity contribution in [3.8, 4) is 11.5 Å². The third-order valence-corrected chi connectivity index (χ3v) is 6.87. The molecule has 5 nitrogen and oxygen atoms in total. The normalized spacial score (nSPS) is 25.2. The Labute approximate surface area is 184 Å². The van der Waals surface area contributed by atoms with Crippen LogP contribution in [0, 0.1) is 5.92 Å². The average Bonchev–Trinajstić information content (AvgIpc) is 2.81. The predicted molar refractivity (Wildman–Crippen MR) is 118 cm³/mol. The van der Waals surface area contributed by atoms with Gasteiger partial charge in [-0.2, -0.15) is 0 Å². The Hall–Kier alpha value is -3.67. The van der Waals surface area contributed by atoms with E-state index in [-0.39, 0.29) is 12.2 Å². The second kappa shape index (κ2) is 6.42. The summed E-state index contributed by atoms with van der Waals surface area (Å²) in [5.74, 6) is -1.27. The van der Waals surface area contributed by atoms with Gasteiger partial charge in [-0.05, 0) is 57.3 Å². The highest BCUT2D eigenvalue weighted by atomic mass is 16.5. The molecule has 0 amide bonds. The smallest absolute Gasteiger partial charge is 0.318 e. The molecule has 3 aliphatic carbocycles. The lowest BCUT2D eigenvalue weighted by molar-refractivity contribution is -0.157. The molecule has 0 spiro atoms. The molecule has 4 aromatic rings. The molecule has 3 atom stereocenters. The van der Waals surface area contributed by atoms with Crippen LogP contribution in [0.5, 0.6) is 11.5 Å². The molecule has 0 fully saturated rings. The van der Waals surface area contributed by atoms with E-state index in [0.29, 0.717) is 28.0 Å². The van der Waals surface area contributed by atoms with Gasteiger partial charge >= 0.3 is 5.97 Å². The number of aliphatic hydroxyl groups is 2. The van der Waals surface area contributed by atoms with Gasteiger partial charge in [-0.15, -0.1) is 0 Å². The Balaban J connectivity index is 1.46. The van der Waals surface area contributed by atoms with E-state index < -0.39 is 23.1 Å². The van der Waals surface area contributed by atoms with E-state index >= 15 is 0 Å². The summed E-state index contributed by atoms with van der Waals surface area (Å²) in [6.07, 6.45) is -0.0522. The number of carbonyl (C=O) groups excluding carboxylic acids is 1. The number of ether oxygens (including phenoxy) is 1. The highest BCUT2D eigenvalue weighted by Gasteiger charge is 2.62. The van der Waals surface area contributed by atoms with Gasteiger partial charge in [0.05, 0.1) is 5.92 Å². The summed E-state index contributed by atoms with van der Waals surface area (Å²) < 4.78 is 5.72. The molecule has 32 heavy (non-hydrogen) atoms. The van der Waals surface area contributed by atoms with Crippen molar-refractivity contribution in [3.63, 3.8) is 0 Å². The molecule has 7 rings (SSSR count). The molecule has 5 heteroatoms. The molecule has 0 radical (unpaired) electrons. The summed E-state index contributed by atoms with van der Waals surface area (Å²) in [4.78, 5) is 13.4. The minimum atomic E-state index is -1.68. The standard InChI is InChI=1S/C27H20O5/c28-18-10-12-22-23(14-18)26(30)15-24(27(22,31)21-8-4-3-7-20(21)26)25(29)32-19-11-9-16-5-1-2-6-17(16)13-19/h1-14,24,28,30-31H,15H2. The minimum Gasteiger partial charge on any atom is -0.508 e. The van der Waals surface area contributed by atoms with Gasteiger partial charge in [0.25, 0.3) is 0 Å². The lowest BCUT2D eigenvalue weighted by Crippen LogP contribution is -2.57.